The summed E-state index contributed by atoms with van der Waals surface area (Å²) in [6.45, 7) is 14.1. The standard InChI is InChI=1S/C75H146O17P2/c1-9-66(6)52-44-36-28-22-20-18-16-14-12-13-15-17-19-21-23-30-39-47-55-72(77)85-61-70(92-75(80)58-50-42-32-26-27-35-43-51-65(4)5)63-89-93(81,82)87-59-69(76)60-88-94(83,84)90-64-71(62-86-73(78)56-48-40-34-33-38-46-54-68(8)11-3)91-74(79)57-49-41-31-25-24-29-37-45-53-67(7)10-2/h65-71,76H,9-64H2,1-8H3,(H,81,82)(H,83,84)/t66?,67?,68?,69-,70-,71-/m1/s1. The number of aliphatic hydroxyl groups is 1. The Balaban J connectivity index is 5.13. The first-order valence-corrected chi connectivity index (χ1v) is 41.8. The van der Waals surface area contributed by atoms with Crippen molar-refractivity contribution in [1.82, 2.24) is 0 Å². The lowest BCUT2D eigenvalue weighted by Crippen LogP contribution is -2.30. The lowest BCUT2D eigenvalue weighted by Gasteiger charge is -2.21. The van der Waals surface area contributed by atoms with Crippen molar-refractivity contribution in [3.05, 3.63) is 0 Å². The van der Waals surface area contributed by atoms with Gasteiger partial charge in [0, 0.05) is 25.7 Å². The van der Waals surface area contributed by atoms with Gasteiger partial charge in [0.2, 0.25) is 0 Å². The first-order chi connectivity index (χ1) is 45.2. The fourth-order valence-electron chi connectivity index (χ4n) is 11.3. The van der Waals surface area contributed by atoms with E-state index >= 15 is 0 Å². The molecule has 0 heterocycles. The molecule has 5 unspecified atom stereocenters. The van der Waals surface area contributed by atoms with E-state index < -0.39 is 97.5 Å². The molecular weight excluding hydrogens is 1230 g/mol. The van der Waals surface area contributed by atoms with Gasteiger partial charge in [-0.05, 0) is 49.4 Å². The Hall–Kier alpha value is -1.94. The SMILES string of the molecule is CCC(C)CCCCCCCCCCCCCCCCCCCCC(=O)OC[C@H](COP(=O)(O)OC[C@@H](O)COP(=O)(O)OC[C@@H](COC(=O)CCCCCCCCC(C)CC)OC(=O)CCCCCCCCCCC(C)CC)OC(=O)CCCCCCCCCC(C)C. The number of hydrogen-bond acceptors (Lipinski definition) is 15. The third-order valence-corrected chi connectivity index (χ3v) is 20.3. The van der Waals surface area contributed by atoms with Crippen molar-refractivity contribution in [1.29, 1.82) is 0 Å². The summed E-state index contributed by atoms with van der Waals surface area (Å²) >= 11 is 0. The largest absolute Gasteiger partial charge is 0.472 e. The molecule has 0 fully saturated rings. The number of aliphatic hydroxyl groups excluding tert-OH is 1. The highest BCUT2D eigenvalue weighted by molar-refractivity contribution is 7.47. The Morgan fingerprint density at radius 1 is 0.298 bits per heavy atom. The van der Waals surface area contributed by atoms with Crippen LogP contribution < -0.4 is 0 Å². The number of ether oxygens (including phenoxy) is 4. The second-order valence-corrected chi connectivity index (χ2v) is 31.1. The van der Waals surface area contributed by atoms with Crippen LogP contribution in [0.25, 0.3) is 0 Å². The number of carbonyl (C=O) groups is 4. The molecule has 0 aromatic rings. The van der Waals surface area contributed by atoms with E-state index in [4.69, 9.17) is 37.0 Å². The van der Waals surface area contributed by atoms with Gasteiger partial charge in [0.15, 0.2) is 12.2 Å². The molecule has 94 heavy (non-hydrogen) atoms. The van der Waals surface area contributed by atoms with Crippen LogP contribution in [-0.2, 0) is 65.4 Å². The zero-order chi connectivity index (χ0) is 69.6. The Kier molecular flexibility index (Phi) is 63.1. The van der Waals surface area contributed by atoms with Crippen LogP contribution in [0.2, 0.25) is 0 Å². The van der Waals surface area contributed by atoms with Gasteiger partial charge in [-0.1, -0.05) is 325 Å². The number of carbonyl (C=O) groups excluding carboxylic acids is 4. The van der Waals surface area contributed by atoms with Gasteiger partial charge in [0.1, 0.15) is 19.3 Å². The number of rotatable bonds is 72. The van der Waals surface area contributed by atoms with E-state index in [1.54, 1.807) is 0 Å². The average Bonchev–Trinajstić information content (AvgIpc) is 1.26. The first kappa shape index (κ1) is 92.1. The molecular formula is C75H146O17P2. The maximum atomic E-state index is 13.0. The van der Waals surface area contributed by atoms with Crippen molar-refractivity contribution in [2.75, 3.05) is 39.6 Å². The number of phosphoric acid groups is 2. The van der Waals surface area contributed by atoms with Gasteiger partial charge in [-0.3, -0.25) is 37.3 Å². The molecule has 0 amide bonds. The van der Waals surface area contributed by atoms with Crippen molar-refractivity contribution in [3.8, 4) is 0 Å². The molecule has 0 saturated heterocycles. The molecule has 19 heteroatoms. The molecule has 0 aliphatic rings. The van der Waals surface area contributed by atoms with E-state index in [0.29, 0.717) is 31.6 Å². The number of phosphoric ester groups is 2. The monoisotopic (exact) mass is 1380 g/mol. The van der Waals surface area contributed by atoms with Gasteiger partial charge in [0.05, 0.1) is 26.4 Å². The van der Waals surface area contributed by atoms with E-state index in [1.165, 1.54) is 173 Å². The second kappa shape index (κ2) is 64.4. The Morgan fingerprint density at radius 3 is 0.755 bits per heavy atom. The third-order valence-electron chi connectivity index (χ3n) is 18.4. The Bertz CT molecular complexity index is 1860. The van der Waals surface area contributed by atoms with E-state index in [-0.39, 0.29) is 25.7 Å². The number of hydrogen-bond donors (Lipinski definition) is 3. The van der Waals surface area contributed by atoms with Gasteiger partial charge >= 0.3 is 39.5 Å². The summed E-state index contributed by atoms with van der Waals surface area (Å²) in [5, 5.41) is 10.6. The van der Waals surface area contributed by atoms with Crippen LogP contribution in [0.1, 0.15) is 376 Å². The maximum Gasteiger partial charge on any atom is 0.472 e. The fraction of sp³-hybridized carbons (Fsp3) is 0.947. The molecule has 3 N–H and O–H groups in total. The van der Waals surface area contributed by atoms with Crippen molar-refractivity contribution in [2.45, 2.75) is 395 Å². The molecule has 0 aliphatic heterocycles. The second-order valence-electron chi connectivity index (χ2n) is 28.2. The zero-order valence-corrected chi connectivity index (χ0v) is 63.4. The lowest BCUT2D eigenvalue weighted by atomic mass is 9.99. The van der Waals surface area contributed by atoms with Crippen molar-refractivity contribution in [3.63, 3.8) is 0 Å². The normalized spacial score (nSPS) is 15.0. The zero-order valence-electron chi connectivity index (χ0n) is 61.6. The molecule has 17 nitrogen and oxygen atoms in total. The minimum atomic E-state index is -4.95. The summed E-state index contributed by atoms with van der Waals surface area (Å²) < 4.78 is 68.4. The average molecular weight is 1380 g/mol. The molecule has 0 aromatic heterocycles. The summed E-state index contributed by atoms with van der Waals surface area (Å²) in [6, 6.07) is 0. The minimum Gasteiger partial charge on any atom is -0.462 e. The molecule has 0 radical (unpaired) electrons. The third kappa shape index (κ3) is 64.7. The van der Waals surface area contributed by atoms with Crippen LogP contribution in [0, 0.1) is 23.7 Å². The van der Waals surface area contributed by atoms with Crippen LogP contribution in [0.5, 0.6) is 0 Å². The highest BCUT2D eigenvalue weighted by atomic mass is 31.2. The molecule has 0 aromatic carbocycles. The van der Waals surface area contributed by atoms with Gasteiger partial charge in [-0.25, -0.2) is 9.13 Å². The van der Waals surface area contributed by atoms with Crippen LogP contribution in [0.4, 0.5) is 0 Å². The van der Waals surface area contributed by atoms with Crippen molar-refractivity contribution < 1.29 is 80.2 Å². The first-order valence-electron chi connectivity index (χ1n) is 38.8. The topological polar surface area (TPSA) is 237 Å². The van der Waals surface area contributed by atoms with E-state index in [0.717, 1.165) is 114 Å². The smallest absolute Gasteiger partial charge is 0.462 e. The Labute approximate surface area is 575 Å². The van der Waals surface area contributed by atoms with Gasteiger partial charge < -0.3 is 33.8 Å². The lowest BCUT2D eigenvalue weighted by molar-refractivity contribution is -0.161. The van der Waals surface area contributed by atoms with Gasteiger partial charge in [-0.15, -0.1) is 0 Å². The van der Waals surface area contributed by atoms with E-state index in [9.17, 15) is 43.2 Å². The van der Waals surface area contributed by atoms with Crippen molar-refractivity contribution >= 4 is 39.5 Å². The Morgan fingerprint density at radius 2 is 0.511 bits per heavy atom. The molecule has 558 valence electrons. The summed E-state index contributed by atoms with van der Waals surface area (Å²) in [4.78, 5) is 72.6. The summed E-state index contributed by atoms with van der Waals surface area (Å²) in [5.41, 5.74) is 0. The molecule has 0 bridgehead atoms. The number of unbranched alkanes of at least 4 members (excludes halogenated alkanes) is 35. The van der Waals surface area contributed by atoms with E-state index in [1.807, 2.05) is 0 Å². The van der Waals surface area contributed by atoms with Gasteiger partial charge in [-0.2, -0.15) is 0 Å². The predicted octanol–water partition coefficient (Wildman–Crippen LogP) is 21.7. The minimum absolute atomic E-state index is 0.103. The van der Waals surface area contributed by atoms with Crippen LogP contribution in [0.3, 0.4) is 0 Å². The molecule has 0 rings (SSSR count). The predicted molar refractivity (Wildman–Crippen MR) is 381 cm³/mol. The highest BCUT2D eigenvalue weighted by Crippen LogP contribution is 2.45. The maximum absolute atomic E-state index is 13.0. The van der Waals surface area contributed by atoms with E-state index in [2.05, 4.69) is 55.4 Å². The molecule has 0 saturated carbocycles. The number of esters is 4. The van der Waals surface area contributed by atoms with Crippen LogP contribution in [0.15, 0.2) is 0 Å². The van der Waals surface area contributed by atoms with Gasteiger partial charge in [0.25, 0.3) is 0 Å². The quantitative estimate of drug-likeness (QED) is 0.0222. The molecule has 0 spiro atoms. The fourth-order valence-corrected chi connectivity index (χ4v) is 12.9. The highest BCUT2D eigenvalue weighted by Gasteiger charge is 2.30. The van der Waals surface area contributed by atoms with Crippen molar-refractivity contribution in [2.24, 2.45) is 23.7 Å². The molecule has 8 atom stereocenters. The summed E-state index contributed by atoms with van der Waals surface area (Å²) in [5.74, 6) is 0.941. The molecule has 0 aliphatic carbocycles. The van der Waals surface area contributed by atoms with Crippen LogP contribution in [-0.4, -0.2) is 96.7 Å². The van der Waals surface area contributed by atoms with Crippen LogP contribution >= 0.6 is 15.6 Å². The summed E-state index contributed by atoms with van der Waals surface area (Å²) in [7, 11) is -9.91. The summed E-state index contributed by atoms with van der Waals surface area (Å²) in [6.07, 6.45) is 48.8.